The monoisotopic (exact) mass is 727 g/mol. The van der Waals surface area contributed by atoms with Crippen molar-refractivity contribution in [1.82, 2.24) is 9.62 Å². The minimum Gasteiger partial charge on any atom is -0.489 e. The molecule has 1 amide bonds. The third-order valence-corrected chi connectivity index (χ3v) is 10.7. The van der Waals surface area contributed by atoms with Crippen molar-refractivity contribution in [1.29, 1.82) is 0 Å². The normalized spacial score (nSPS) is 20.6. The first-order valence-electron chi connectivity index (χ1n) is 16.7. The van der Waals surface area contributed by atoms with Crippen LogP contribution < -0.4 is 19.5 Å². The number of alkyl carbamates (subject to hydrolysis) is 1. The number of sulfonamides is 1. The molecule has 3 aromatic carbocycles. The van der Waals surface area contributed by atoms with Crippen LogP contribution >= 0.6 is 0 Å². The lowest BCUT2D eigenvalue weighted by atomic mass is 10.0. The molecule has 3 heterocycles. The number of fused-ring (bicyclic) bond motifs is 2. The predicted octanol–water partition coefficient (Wildman–Crippen LogP) is 4.01. The highest BCUT2D eigenvalue weighted by Gasteiger charge is 2.44. The Morgan fingerprint density at radius 3 is 2.47 bits per heavy atom. The summed E-state index contributed by atoms with van der Waals surface area (Å²) in [6.45, 7) is 4.41. The van der Waals surface area contributed by atoms with Gasteiger partial charge < -0.3 is 38.8 Å². The lowest BCUT2D eigenvalue weighted by molar-refractivity contribution is -0.384. The van der Waals surface area contributed by atoms with E-state index >= 15 is 0 Å². The van der Waals surface area contributed by atoms with E-state index in [4.69, 9.17) is 28.4 Å². The number of aliphatic hydroxyl groups is 1. The summed E-state index contributed by atoms with van der Waals surface area (Å²) in [7, 11) is -4.10. The Hall–Kier alpha value is -4.48. The third-order valence-electron chi connectivity index (χ3n) is 8.88. The topological polar surface area (TPSA) is 185 Å². The zero-order valence-electron chi connectivity index (χ0n) is 28.2. The molecule has 0 saturated carbocycles. The molecule has 0 bridgehead atoms. The van der Waals surface area contributed by atoms with Crippen molar-refractivity contribution < 1.29 is 51.7 Å². The van der Waals surface area contributed by atoms with Crippen LogP contribution in [0.15, 0.2) is 71.6 Å². The zero-order valence-corrected chi connectivity index (χ0v) is 29.0. The molecule has 15 nitrogen and oxygen atoms in total. The maximum Gasteiger partial charge on any atom is 0.407 e. The maximum absolute atomic E-state index is 13.9. The van der Waals surface area contributed by atoms with E-state index in [-0.39, 0.29) is 61.9 Å². The molecule has 5 atom stereocenters. The summed E-state index contributed by atoms with van der Waals surface area (Å²) in [5.74, 6) is 1.12. The number of amides is 1. The fraction of sp³-hybridized carbons (Fsp3) is 0.457. The standard InChI is InChI=1S/C35H41N3O12S/c1-22(2)17-37(51(43,44)27-11-12-31-32(16-27)49-21-48-31)18-30(39)29(36-35(40)50-33-20-47-34-28(33)13-14-45-34)15-23-5-9-26(10-6-23)46-19-24-3-7-25(8-4-24)38(41)42/h3-12,16,22,28-30,33-34,39H,13-15,17-21H2,1-2H3,(H,36,40)/t28-,29-,30+,33-,34+/m0/s1. The van der Waals surface area contributed by atoms with Gasteiger partial charge in [0.25, 0.3) is 5.69 Å². The van der Waals surface area contributed by atoms with Crippen LogP contribution in [-0.4, -0.2) is 86.5 Å². The van der Waals surface area contributed by atoms with Gasteiger partial charge in [0.1, 0.15) is 18.5 Å². The first-order valence-corrected chi connectivity index (χ1v) is 18.1. The second-order valence-electron chi connectivity index (χ2n) is 13.1. The molecular weight excluding hydrogens is 686 g/mol. The van der Waals surface area contributed by atoms with Crippen LogP contribution in [-0.2, 0) is 37.3 Å². The van der Waals surface area contributed by atoms with Crippen LogP contribution in [0.25, 0.3) is 0 Å². The Balaban J connectivity index is 1.17. The van der Waals surface area contributed by atoms with Crippen LogP contribution in [0.2, 0.25) is 0 Å². The molecule has 0 radical (unpaired) electrons. The van der Waals surface area contributed by atoms with Crippen molar-refractivity contribution in [2.45, 2.75) is 62.7 Å². The molecule has 0 unspecified atom stereocenters. The van der Waals surface area contributed by atoms with Gasteiger partial charge in [-0.25, -0.2) is 13.2 Å². The van der Waals surface area contributed by atoms with E-state index in [0.717, 1.165) is 11.1 Å². The van der Waals surface area contributed by atoms with Crippen molar-refractivity contribution in [2.75, 3.05) is 33.1 Å². The number of carbonyl (C=O) groups excluding carboxylic acids is 1. The fourth-order valence-electron chi connectivity index (χ4n) is 6.21. The fourth-order valence-corrected chi connectivity index (χ4v) is 7.85. The highest BCUT2D eigenvalue weighted by Crippen LogP contribution is 2.35. The molecule has 0 spiro atoms. The van der Waals surface area contributed by atoms with E-state index in [1.165, 1.54) is 34.6 Å². The highest BCUT2D eigenvalue weighted by atomic mass is 32.2. The van der Waals surface area contributed by atoms with E-state index < -0.39 is 45.6 Å². The number of benzene rings is 3. The number of rotatable bonds is 15. The van der Waals surface area contributed by atoms with Gasteiger partial charge in [0, 0.05) is 31.3 Å². The molecule has 3 aliphatic heterocycles. The van der Waals surface area contributed by atoms with Crippen LogP contribution in [0.5, 0.6) is 17.2 Å². The van der Waals surface area contributed by atoms with Crippen molar-refractivity contribution in [3.05, 3.63) is 88.0 Å². The van der Waals surface area contributed by atoms with Crippen molar-refractivity contribution in [3.63, 3.8) is 0 Å². The molecule has 2 saturated heterocycles. The summed E-state index contributed by atoms with van der Waals surface area (Å²) >= 11 is 0. The van der Waals surface area contributed by atoms with Crippen molar-refractivity contribution >= 4 is 21.8 Å². The molecule has 0 aromatic heterocycles. The van der Waals surface area contributed by atoms with Gasteiger partial charge in [-0.15, -0.1) is 0 Å². The molecule has 2 N–H and O–H groups in total. The SMILES string of the molecule is CC(C)CN(C[C@@H](O)[C@H](Cc1ccc(OCc2ccc([N+](=O)[O-])cc2)cc1)NC(=O)O[C@H]1CO[C@H]2OCC[C@H]21)S(=O)(=O)c1ccc2c(c1)OCO2. The smallest absolute Gasteiger partial charge is 0.407 e. The number of hydrogen-bond acceptors (Lipinski definition) is 12. The summed E-state index contributed by atoms with van der Waals surface area (Å²) in [5.41, 5.74) is 1.47. The molecule has 3 aromatic rings. The molecule has 51 heavy (non-hydrogen) atoms. The van der Waals surface area contributed by atoms with Gasteiger partial charge in [-0.1, -0.05) is 26.0 Å². The number of nitrogens with one attached hydrogen (secondary N) is 1. The number of carbonyl (C=O) groups is 1. The summed E-state index contributed by atoms with van der Waals surface area (Å²) < 4.78 is 62.5. The quantitative estimate of drug-likeness (QED) is 0.170. The first-order chi connectivity index (χ1) is 24.5. The number of nitrogens with zero attached hydrogens (tertiary/aromatic N) is 2. The second kappa shape index (κ2) is 15.8. The first kappa shape index (κ1) is 36.3. The molecule has 274 valence electrons. The van der Waals surface area contributed by atoms with Crippen LogP contribution in [0.4, 0.5) is 10.5 Å². The number of ether oxygens (including phenoxy) is 6. The highest BCUT2D eigenvalue weighted by molar-refractivity contribution is 7.89. The summed E-state index contributed by atoms with van der Waals surface area (Å²) in [5, 5.41) is 25.4. The van der Waals surface area contributed by atoms with Gasteiger partial charge in [-0.05, 0) is 66.3 Å². The van der Waals surface area contributed by atoms with Crippen molar-refractivity contribution in [3.8, 4) is 17.2 Å². The molecule has 0 aliphatic carbocycles. The molecule has 6 rings (SSSR count). The molecule has 3 aliphatic rings. The number of hydrogen-bond donors (Lipinski definition) is 2. The van der Waals surface area contributed by atoms with Gasteiger partial charge in [-0.2, -0.15) is 4.31 Å². The lowest BCUT2D eigenvalue weighted by Gasteiger charge is -2.31. The Morgan fingerprint density at radius 2 is 1.75 bits per heavy atom. The van der Waals surface area contributed by atoms with Crippen LogP contribution in [0.3, 0.4) is 0 Å². The molecular formula is C35H41N3O12S. The zero-order chi connectivity index (χ0) is 36.1. The van der Waals surface area contributed by atoms with E-state index in [1.807, 2.05) is 13.8 Å². The van der Waals surface area contributed by atoms with E-state index in [2.05, 4.69) is 5.32 Å². The van der Waals surface area contributed by atoms with E-state index in [9.17, 15) is 28.4 Å². The number of nitro groups is 1. The Labute approximate surface area is 295 Å². The Morgan fingerprint density at radius 1 is 1.02 bits per heavy atom. The summed E-state index contributed by atoms with van der Waals surface area (Å²) in [6.07, 6.45) is -2.23. The van der Waals surface area contributed by atoms with E-state index in [0.29, 0.717) is 30.3 Å². The molecule has 2 fully saturated rings. The van der Waals surface area contributed by atoms with E-state index in [1.54, 1.807) is 36.4 Å². The number of aliphatic hydroxyl groups excluding tert-OH is 1. The summed E-state index contributed by atoms with van der Waals surface area (Å²) in [6, 6.07) is 16.5. The number of nitro benzene ring substituents is 1. The Bertz CT molecular complexity index is 1790. The second-order valence-corrected chi connectivity index (χ2v) is 15.0. The summed E-state index contributed by atoms with van der Waals surface area (Å²) in [4.78, 5) is 23.7. The van der Waals surface area contributed by atoms with Crippen LogP contribution in [0.1, 0.15) is 31.4 Å². The van der Waals surface area contributed by atoms with Gasteiger partial charge >= 0.3 is 6.09 Å². The average Bonchev–Trinajstić information content (AvgIpc) is 3.86. The minimum absolute atomic E-state index is 0.00892. The van der Waals surface area contributed by atoms with Crippen LogP contribution in [0, 0.1) is 22.0 Å². The van der Waals surface area contributed by atoms with Gasteiger partial charge in [0.15, 0.2) is 17.8 Å². The predicted molar refractivity (Wildman–Crippen MR) is 181 cm³/mol. The third kappa shape index (κ3) is 8.88. The Kier molecular flexibility index (Phi) is 11.3. The minimum atomic E-state index is -4.10. The van der Waals surface area contributed by atoms with Crippen molar-refractivity contribution in [2.24, 2.45) is 11.8 Å². The maximum atomic E-state index is 13.9. The van der Waals surface area contributed by atoms with Gasteiger partial charge in [-0.3, -0.25) is 10.1 Å². The van der Waals surface area contributed by atoms with Gasteiger partial charge in [0.05, 0.1) is 41.1 Å². The molecule has 16 heteroatoms. The number of non-ortho nitro benzene ring substituents is 1. The largest absolute Gasteiger partial charge is 0.489 e. The lowest BCUT2D eigenvalue weighted by Crippen LogP contribution is -2.51. The average molecular weight is 728 g/mol. The van der Waals surface area contributed by atoms with Gasteiger partial charge in [0.2, 0.25) is 16.8 Å².